The molecule has 0 spiro atoms. The fourth-order valence-corrected chi connectivity index (χ4v) is 2.10. The minimum Gasteiger partial charge on any atom is -0.424 e. The van der Waals surface area contributed by atoms with Gasteiger partial charge in [0.2, 0.25) is 11.8 Å². The predicted molar refractivity (Wildman–Crippen MR) is 65.1 cm³/mol. The van der Waals surface area contributed by atoms with Gasteiger partial charge >= 0.3 is 0 Å². The first-order chi connectivity index (χ1) is 8.24. The summed E-state index contributed by atoms with van der Waals surface area (Å²) in [5, 5.41) is 9.57. The highest BCUT2D eigenvalue weighted by Gasteiger charge is 2.07. The maximum atomic E-state index is 6.11. The van der Waals surface area contributed by atoms with Crippen molar-refractivity contribution >= 4 is 22.5 Å². The van der Waals surface area contributed by atoms with Crippen LogP contribution in [0.3, 0.4) is 0 Å². The molecule has 2 aromatic heterocycles. The van der Waals surface area contributed by atoms with Crippen LogP contribution >= 0.6 is 11.6 Å². The summed E-state index contributed by atoms with van der Waals surface area (Å²) in [5.41, 5.74) is 1.06. The highest BCUT2D eigenvalue weighted by Crippen LogP contribution is 2.24. The molecule has 0 radical (unpaired) electrons. The van der Waals surface area contributed by atoms with Crippen molar-refractivity contribution in [2.45, 2.75) is 13.5 Å². The fourth-order valence-electron chi connectivity index (χ4n) is 1.87. The van der Waals surface area contributed by atoms with E-state index in [4.69, 9.17) is 16.0 Å². The van der Waals surface area contributed by atoms with Gasteiger partial charge in [0.1, 0.15) is 6.54 Å². The molecule has 0 aliphatic heterocycles. The Balaban J connectivity index is 2.04. The van der Waals surface area contributed by atoms with E-state index in [0.717, 1.165) is 15.9 Å². The Morgan fingerprint density at radius 3 is 2.94 bits per heavy atom. The zero-order chi connectivity index (χ0) is 11.8. The summed E-state index contributed by atoms with van der Waals surface area (Å²) in [4.78, 5) is 0. The second kappa shape index (κ2) is 3.89. The molecule has 86 valence electrons. The highest BCUT2D eigenvalue weighted by molar-refractivity contribution is 6.35. The largest absolute Gasteiger partial charge is 0.424 e. The van der Waals surface area contributed by atoms with Gasteiger partial charge in [0, 0.05) is 29.0 Å². The van der Waals surface area contributed by atoms with Crippen molar-refractivity contribution in [3.63, 3.8) is 0 Å². The summed E-state index contributed by atoms with van der Waals surface area (Å²) in [6.45, 7) is 2.34. The molecule has 4 nitrogen and oxygen atoms in total. The number of rotatable bonds is 2. The summed E-state index contributed by atoms with van der Waals surface area (Å²) >= 11 is 6.11. The van der Waals surface area contributed by atoms with Gasteiger partial charge in [0.05, 0.1) is 0 Å². The number of fused-ring (bicyclic) bond motifs is 1. The van der Waals surface area contributed by atoms with E-state index in [9.17, 15) is 0 Å². The van der Waals surface area contributed by atoms with Gasteiger partial charge in [-0.15, -0.1) is 10.2 Å². The van der Waals surface area contributed by atoms with E-state index >= 15 is 0 Å². The van der Waals surface area contributed by atoms with Crippen LogP contribution in [0.25, 0.3) is 10.9 Å². The van der Waals surface area contributed by atoms with E-state index in [0.29, 0.717) is 18.3 Å². The first-order valence-electron chi connectivity index (χ1n) is 5.26. The molecule has 0 atom stereocenters. The lowest BCUT2D eigenvalue weighted by Crippen LogP contribution is -1.97. The quantitative estimate of drug-likeness (QED) is 0.699. The van der Waals surface area contributed by atoms with Crippen LogP contribution < -0.4 is 0 Å². The minimum atomic E-state index is 0.560. The molecule has 3 aromatic rings. The molecule has 0 bridgehead atoms. The predicted octanol–water partition coefficient (Wildman–Crippen LogP) is 3.03. The highest BCUT2D eigenvalue weighted by atomic mass is 35.5. The zero-order valence-corrected chi connectivity index (χ0v) is 9.98. The summed E-state index contributed by atoms with van der Waals surface area (Å²) in [6.07, 6.45) is 1.97. The average molecular weight is 248 g/mol. The lowest BCUT2D eigenvalue weighted by molar-refractivity contribution is 0.457. The molecule has 0 aliphatic rings. The third-order valence-corrected chi connectivity index (χ3v) is 2.96. The van der Waals surface area contributed by atoms with Crippen LogP contribution in [0.2, 0.25) is 5.02 Å². The molecule has 2 heterocycles. The number of aromatic nitrogens is 3. The number of hydrogen-bond acceptors (Lipinski definition) is 3. The third kappa shape index (κ3) is 1.80. The van der Waals surface area contributed by atoms with Crippen LogP contribution in [0.5, 0.6) is 0 Å². The molecule has 1 aromatic carbocycles. The molecular weight excluding hydrogens is 238 g/mol. The van der Waals surface area contributed by atoms with Crippen molar-refractivity contribution in [2.24, 2.45) is 0 Å². The van der Waals surface area contributed by atoms with Gasteiger partial charge in [-0.25, -0.2) is 0 Å². The average Bonchev–Trinajstić information content (AvgIpc) is 2.88. The SMILES string of the molecule is Cc1nnc(Cn2ccc3c(Cl)cccc32)o1. The first kappa shape index (κ1) is 10.4. The number of halogens is 1. The number of benzene rings is 1. The lowest BCUT2D eigenvalue weighted by Gasteiger charge is -2.01. The molecule has 0 saturated heterocycles. The van der Waals surface area contributed by atoms with Crippen LogP contribution in [-0.4, -0.2) is 14.8 Å². The second-order valence-corrected chi connectivity index (χ2v) is 4.24. The topological polar surface area (TPSA) is 43.9 Å². The Labute approximate surface area is 103 Å². The molecule has 0 N–H and O–H groups in total. The van der Waals surface area contributed by atoms with E-state index < -0.39 is 0 Å². The van der Waals surface area contributed by atoms with Gasteiger partial charge in [0.25, 0.3) is 0 Å². The van der Waals surface area contributed by atoms with E-state index in [2.05, 4.69) is 10.2 Å². The Kier molecular flexibility index (Phi) is 2.37. The number of aryl methyl sites for hydroxylation is 1. The van der Waals surface area contributed by atoms with Crippen molar-refractivity contribution in [1.82, 2.24) is 14.8 Å². The Bertz CT molecular complexity index is 671. The van der Waals surface area contributed by atoms with Crippen LogP contribution in [0.15, 0.2) is 34.9 Å². The van der Waals surface area contributed by atoms with Gasteiger partial charge in [-0.3, -0.25) is 0 Å². The molecule has 0 saturated carbocycles. The van der Waals surface area contributed by atoms with Crippen molar-refractivity contribution in [3.8, 4) is 0 Å². The molecule has 0 aliphatic carbocycles. The summed E-state index contributed by atoms with van der Waals surface area (Å²) in [6, 6.07) is 7.82. The molecule has 0 unspecified atom stereocenters. The minimum absolute atomic E-state index is 0.560. The van der Waals surface area contributed by atoms with Gasteiger partial charge in [-0.1, -0.05) is 17.7 Å². The first-order valence-corrected chi connectivity index (χ1v) is 5.64. The monoisotopic (exact) mass is 247 g/mol. The lowest BCUT2D eigenvalue weighted by atomic mass is 10.2. The fraction of sp³-hybridized carbons (Fsp3) is 0.167. The van der Waals surface area contributed by atoms with Gasteiger partial charge < -0.3 is 8.98 Å². The molecule has 3 rings (SSSR count). The van der Waals surface area contributed by atoms with Gasteiger partial charge in [-0.2, -0.15) is 0 Å². The van der Waals surface area contributed by atoms with Crippen LogP contribution in [0.4, 0.5) is 0 Å². The van der Waals surface area contributed by atoms with Crippen LogP contribution in [-0.2, 0) is 6.54 Å². The van der Waals surface area contributed by atoms with Crippen LogP contribution in [0, 0.1) is 6.92 Å². The van der Waals surface area contributed by atoms with Gasteiger partial charge in [-0.05, 0) is 18.2 Å². The molecule has 5 heteroatoms. The third-order valence-electron chi connectivity index (χ3n) is 2.63. The maximum Gasteiger partial charge on any atom is 0.236 e. The van der Waals surface area contributed by atoms with E-state index in [-0.39, 0.29) is 0 Å². The standard InChI is InChI=1S/C12H10ClN3O/c1-8-14-15-12(17-8)7-16-6-5-9-10(13)3-2-4-11(9)16/h2-6H,7H2,1H3. The second-order valence-electron chi connectivity index (χ2n) is 3.83. The Morgan fingerprint density at radius 2 is 2.18 bits per heavy atom. The maximum absolute atomic E-state index is 6.11. The normalized spacial score (nSPS) is 11.2. The van der Waals surface area contributed by atoms with E-state index in [1.54, 1.807) is 6.92 Å². The summed E-state index contributed by atoms with van der Waals surface area (Å²) in [5.74, 6) is 1.18. The zero-order valence-electron chi connectivity index (χ0n) is 9.22. The summed E-state index contributed by atoms with van der Waals surface area (Å²) in [7, 11) is 0. The molecule has 0 amide bonds. The smallest absolute Gasteiger partial charge is 0.236 e. The van der Waals surface area contributed by atoms with Gasteiger partial charge in [0.15, 0.2) is 0 Å². The molecule has 17 heavy (non-hydrogen) atoms. The van der Waals surface area contributed by atoms with Crippen molar-refractivity contribution < 1.29 is 4.42 Å². The van der Waals surface area contributed by atoms with E-state index in [1.807, 2.05) is 35.0 Å². The Morgan fingerprint density at radius 1 is 1.29 bits per heavy atom. The molecule has 0 fully saturated rings. The molecular formula is C12H10ClN3O. The van der Waals surface area contributed by atoms with E-state index in [1.165, 1.54) is 0 Å². The number of hydrogen-bond donors (Lipinski definition) is 0. The summed E-state index contributed by atoms with van der Waals surface area (Å²) < 4.78 is 7.40. The van der Waals surface area contributed by atoms with Crippen LogP contribution in [0.1, 0.15) is 11.8 Å². The van der Waals surface area contributed by atoms with Crippen molar-refractivity contribution in [3.05, 3.63) is 47.3 Å². The Hall–Kier alpha value is -1.81. The van der Waals surface area contributed by atoms with Crippen molar-refractivity contribution in [1.29, 1.82) is 0 Å². The van der Waals surface area contributed by atoms with Crippen molar-refractivity contribution in [2.75, 3.05) is 0 Å². The number of nitrogens with zero attached hydrogens (tertiary/aromatic N) is 3.